The Morgan fingerprint density at radius 1 is 1.39 bits per heavy atom. The zero-order chi connectivity index (χ0) is 13.4. The number of amidine groups is 1. The number of hydrogen-bond acceptors (Lipinski definition) is 3. The van der Waals surface area contributed by atoms with Crippen molar-refractivity contribution in [2.45, 2.75) is 64.3 Å². The van der Waals surface area contributed by atoms with E-state index >= 15 is 0 Å². The Kier molecular flexibility index (Phi) is 6.54. The molecule has 1 aliphatic carbocycles. The Balaban J connectivity index is 2.54. The van der Waals surface area contributed by atoms with Gasteiger partial charge in [-0.25, -0.2) is 0 Å². The van der Waals surface area contributed by atoms with Gasteiger partial charge in [0.05, 0.1) is 5.92 Å². The smallest absolute Gasteiger partial charge is 0.231 e. The van der Waals surface area contributed by atoms with Crippen molar-refractivity contribution in [3.8, 4) is 0 Å². The molecule has 5 nitrogen and oxygen atoms in total. The van der Waals surface area contributed by atoms with Gasteiger partial charge in [-0.1, -0.05) is 44.2 Å². The summed E-state index contributed by atoms with van der Waals surface area (Å²) in [6.45, 7) is 1.98. The lowest BCUT2D eigenvalue weighted by molar-refractivity contribution is -0.124. The van der Waals surface area contributed by atoms with Crippen LogP contribution >= 0.6 is 0 Å². The normalized spacial score (nSPS) is 20.2. The van der Waals surface area contributed by atoms with E-state index in [9.17, 15) is 4.79 Å². The van der Waals surface area contributed by atoms with Crippen LogP contribution in [0, 0.1) is 5.92 Å². The maximum Gasteiger partial charge on any atom is 0.231 e. The molecule has 0 aromatic carbocycles. The molecule has 18 heavy (non-hydrogen) atoms. The minimum Gasteiger partial charge on any atom is -0.409 e. The second-order valence-corrected chi connectivity index (χ2v) is 5.06. The van der Waals surface area contributed by atoms with Gasteiger partial charge in [-0.2, -0.15) is 0 Å². The van der Waals surface area contributed by atoms with Crippen molar-refractivity contribution in [3.63, 3.8) is 0 Å². The van der Waals surface area contributed by atoms with Gasteiger partial charge in [0.1, 0.15) is 0 Å². The molecule has 1 rings (SSSR count). The van der Waals surface area contributed by atoms with Gasteiger partial charge < -0.3 is 16.3 Å². The van der Waals surface area contributed by atoms with E-state index in [1.54, 1.807) is 0 Å². The molecule has 0 aromatic rings. The fourth-order valence-electron chi connectivity index (χ4n) is 2.50. The van der Waals surface area contributed by atoms with Crippen molar-refractivity contribution in [3.05, 3.63) is 0 Å². The third-order valence-corrected chi connectivity index (χ3v) is 3.57. The van der Waals surface area contributed by atoms with Crippen molar-refractivity contribution < 1.29 is 10.0 Å². The predicted molar refractivity (Wildman–Crippen MR) is 71.4 cm³/mol. The van der Waals surface area contributed by atoms with Gasteiger partial charge in [-0.3, -0.25) is 4.79 Å². The number of nitrogens with zero attached hydrogens (tertiary/aromatic N) is 1. The molecule has 1 fully saturated rings. The molecule has 0 saturated heterocycles. The first-order chi connectivity index (χ1) is 8.69. The van der Waals surface area contributed by atoms with Crippen LogP contribution in [0.15, 0.2) is 5.16 Å². The van der Waals surface area contributed by atoms with E-state index in [1.807, 2.05) is 6.92 Å². The summed E-state index contributed by atoms with van der Waals surface area (Å²) >= 11 is 0. The predicted octanol–water partition coefficient (Wildman–Crippen LogP) is 1.99. The summed E-state index contributed by atoms with van der Waals surface area (Å²) in [4.78, 5) is 12.1. The van der Waals surface area contributed by atoms with Gasteiger partial charge in [-0.15, -0.1) is 0 Å². The summed E-state index contributed by atoms with van der Waals surface area (Å²) in [6.07, 6.45) is 8.39. The highest BCUT2D eigenvalue weighted by Crippen LogP contribution is 2.18. The average molecular weight is 255 g/mol. The minimum atomic E-state index is -0.497. The molecular weight excluding hydrogens is 230 g/mol. The van der Waals surface area contributed by atoms with Crippen LogP contribution in [0.25, 0.3) is 0 Å². The average Bonchev–Trinajstić information content (AvgIpc) is 2.63. The maximum atomic E-state index is 12.1. The Morgan fingerprint density at radius 2 is 2.00 bits per heavy atom. The van der Waals surface area contributed by atoms with Crippen molar-refractivity contribution in [1.82, 2.24) is 5.32 Å². The number of carbonyl (C=O) groups excluding carboxylic acids is 1. The first-order valence-corrected chi connectivity index (χ1v) is 6.96. The molecule has 0 aromatic heterocycles. The lowest BCUT2D eigenvalue weighted by Crippen LogP contribution is -2.43. The van der Waals surface area contributed by atoms with E-state index in [2.05, 4.69) is 10.5 Å². The van der Waals surface area contributed by atoms with Crippen LogP contribution in [0.5, 0.6) is 0 Å². The lowest BCUT2D eigenvalue weighted by atomic mass is 10.00. The van der Waals surface area contributed by atoms with Crippen LogP contribution in [-0.4, -0.2) is 23.0 Å². The molecule has 0 radical (unpaired) electrons. The first-order valence-electron chi connectivity index (χ1n) is 6.96. The number of carbonyl (C=O) groups is 1. The molecule has 1 atom stereocenters. The summed E-state index contributed by atoms with van der Waals surface area (Å²) in [5.74, 6) is -0.578. The molecule has 0 bridgehead atoms. The van der Waals surface area contributed by atoms with Crippen LogP contribution in [0.3, 0.4) is 0 Å². The highest BCUT2D eigenvalue weighted by Gasteiger charge is 2.24. The fourth-order valence-corrected chi connectivity index (χ4v) is 2.50. The summed E-state index contributed by atoms with van der Waals surface area (Å²) in [7, 11) is 0. The summed E-state index contributed by atoms with van der Waals surface area (Å²) in [5, 5.41) is 14.7. The highest BCUT2D eigenvalue weighted by atomic mass is 16.4. The molecule has 1 aliphatic rings. The standard InChI is InChI=1S/C13H25N3O2/c1-2-7-11(12(14)16-18)13(17)15-10-8-5-3-4-6-9-10/h10-11,18H,2-9H2,1H3,(H2,14,16)(H,15,17). The zero-order valence-electron chi connectivity index (χ0n) is 11.2. The number of rotatable bonds is 5. The fraction of sp³-hybridized carbons (Fsp3) is 0.846. The van der Waals surface area contributed by atoms with Gasteiger partial charge in [-0.05, 0) is 19.3 Å². The molecule has 0 aliphatic heterocycles. The van der Waals surface area contributed by atoms with Crippen LogP contribution in [-0.2, 0) is 4.79 Å². The zero-order valence-corrected chi connectivity index (χ0v) is 11.2. The Morgan fingerprint density at radius 3 is 2.50 bits per heavy atom. The molecule has 1 unspecified atom stereocenters. The topological polar surface area (TPSA) is 87.7 Å². The van der Waals surface area contributed by atoms with Gasteiger partial charge in [0, 0.05) is 6.04 Å². The van der Waals surface area contributed by atoms with Crippen molar-refractivity contribution in [2.75, 3.05) is 0 Å². The number of oxime groups is 1. The minimum absolute atomic E-state index is 0.0166. The lowest BCUT2D eigenvalue weighted by Gasteiger charge is -2.20. The van der Waals surface area contributed by atoms with Crippen molar-refractivity contribution in [1.29, 1.82) is 0 Å². The number of nitrogens with one attached hydrogen (secondary N) is 1. The first kappa shape index (κ1) is 14.8. The molecule has 1 amide bonds. The Hall–Kier alpha value is -1.26. The van der Waals surface area contributed by atoms with E-state index in [1.165, 1.54) is 25.7 Å². The molecule has 0 heterocycles. The Bertz CT molecular complexity index is 284. The molecule has 5 heteroatoms. The summed E-state index contributed by atoms with van der Waals surface area (Å²) < 4.78 is 0. The SMILES string of the molecule is CCCC(C(=O)NC1CCCCCC1)/C(N)=N/O. The van der Waals surface area contributed by atoms with E-state index in [4.69, 9.17) is 10.9 Å². The van der Waals surface area contributed by atoms with E-state index in [-0.39, 0.29) is 17.8 Å². The van der Waals surface area contributed by atoms with Crippen molar-refractivity contribution in [2.24, 2.45) is 16.8 Å². The van der Waals surface area contributed by atoms with Crippen LogP contribution < -0.4 is 11.1 Å². The molecular formula is C13H25N3O2. The molecule has 104 valence electrons. The van der Waals surface area contributed by atoms with E-state index in [0.29, 0.717) is 6.42 Å². The van der Waals surface area contributed by atoms with Gasteiger partial charge in [0.2, 0.25) is 5.91 Å². The monoisotopic (exact) mass is 255 g/mol. The maximum absolute atomic E-state index is 12.1. The number of nitrogens with two attached hydrogens (primary N) is 1. The van der Waals surface area contributed by atoms with Gasteiger partial charge >= 0.3 is 0 Å². The van der Waals surface area contributed by atoms with Gasteiger partial charge in [0.15, 0.2) is 5.84 Å². The van der Waals surface area contributed by atoms with E-state index < -0.39 is 5.92 Å². The Labute approximate surface area is 109 Å². The molecule has 4 N–H and O–H groups in total. The molecule has 0 spiro atoms. The number of amides is 1. The van der Waals surface area contributed by atoms with Crippen LogP contribution in [0.2, 0.25) is 0 Å². The van der Waals surface area contributed by atoms with Crippen LogP contribution in [0.4, 0.5) is 0 Å². The largest absolute Gasteiger partial charge is 0.409 e. The summed E-state index contributed by atoms with van der Waals surface area (Å²) in [5.41, 5.74) is 5.58. The van der Waals surface area contributed by atoms with Crippen molar-refractivity contribution >= 4 is 11.7 Å². The van der Waals surface area contributed by atoms with Crippen LogP contribution in [0.1, 0.15) is 58.3 Å². The second kappa shape index (κ2) is 7.95. The summed E-state index contributed by atoms with van der Waals surface area (Å²) in [6, 6.07) is 0.255. The molecule has 1 saturated carbocycles. The number of hydrogen-bond donors (Lipinski definition) is 3. The van der Waals surface area contributed by atoms with E-state index in [0.717, 1.165) is 19.3 Å². The highest BCUT2D eigenvalue weighted by molar-refractivity contribution is 6.02. The van der Waals surface area contributed by atoms with Gasteiger partial charge in [0.25, 0.3) is 0 Å². The third kappa shape index (κ3) is 4.55. The second-order valence-electron chi connectivity index (χ2n) is 5.06. The quantitative estimate of drug-likeness (QED) is 0.231. The third-order valence-electron chi connectivity index (χ3n) is 3.57.